The van der Waals surface area contributed by atoms with Crippen LogP contribution in [0, 0.1) is 0 Å². The smallest absolute Gasteiger partial charge is 0.298 e. The maximum absolute atomic E-state index is 5.88. The first kappa shape index (κ1) is 14.4. The molecule has 2 aromatic heterocycles. The number of benzene rings is 1. The van der Waals surface area contributed by atoms with Gasteiger partial charge < -0.3 is 9.32 Å². The Morgan fingerprint density at radius 3 is 2.71 bits per heavy atom. The van der Waals surface area contributed by atoms with Crippen molar-refractivity contribution in [2.75, 3.05) is 31.1 Å². The van der Waals surface area contributed by atoms with Crippen molar-refractivity contribution in [2.24, 2.45) is 0 Å². The van der Waals surface area contributed by atoms with Crippen LogP contribution >= 0.6 is 11.3 Å². The molecule has 24 heavy (non-hydrogen) atoms. The number of anilines is 1. The van der Waals surface area contributed by atoms with Crippen molar-refractivity contribution in [3.8, 4) is 0 Å². The summed E-state index contributed by atoms with van der Waals surface area (Å²) < 4.78 is 5.88. The molecule has 3 heterocycles. The molecule has 0 atom stereocenters. The van der Waals surface area contributed by atoms with E-state index in [0.29, 0.717) is 0 Å². The summed E-state index contributed by atoms with van der Waals surface area (Å²) >= 11 is 1.84. The van der Waals surface area contributed by atoms with Crippen LogP contribution in [0.3, 0.4) is 0 Å². The molecule has 1 aromatic carbocycles. The standard InChI is InChI=1S/C18H20N4OS/c1-2-4-16-15(3-1)20-18(23-16)22-9-7-21(8-10-22)11-14-12-24-17(19-14)13-5-6-13/h1-4,12-13H,5-11H2. The van der Waals surface area contributed by atoms with E-state index in [-0.39, 0.29) is 0 Å². The third-order valence-corrected chi connectivity index (χ3v) is 5.86. The number of para-hydroxylation sites is 2. The minimum Gasteiger partial charge on any atom is -0.423 e. The molecule has 0 spiro atoms. The van der Waals surface area contributed by atoms with Crippen LogP contribution in [0.2, 0.25) is 0 Å². The average molecular weight is 340 g/mol. The van der Waals surface area contributed by atoms with Crippen molar-refractivity contribution in [3.63, 3.8) is 0 Å². The number of hydrogen-bond acceptors (Lipinski definition) is 6. The molecule has 0 unspecified atom stereocenters. The van der Waals surface area contributed by atoms with Crippen LogP contribution in [0.1, 0.15) is 29.5 Å². The summed E-state index contributed by atoms with van der Waals surface area (Å²) in [5.41, 5.74) is 3.03. The lowest BCUT2D eigenvalue weighted by Crippen LogP contribution is -2.46. The molecule has 1 aliphatic heterocycles. The average Bonchev–Trinajstić information content (AvgIpc) is 3.20. The van der Waals surface area contributed by atoms with Crippen molar-refractivity contribution in [2.45, 2.75) is 25.3 Å². The number of hydrogen-bond donors (Lipinski definition) is 0. The monoisotopic (exact) mass is 340 g/mol. The fraction of sp³-hybridized carbons (Fsp3) is 0.444. The highest BCUT2D eigenvalue weighted by Crippen LogP contribution is 2.41. The molecule has 3 aromatic rings. The summed E-state index contributed by atoms with van der Waals surface area (Å²) in [7, 11) is 0. The van der Waals surface area contributed by atoms with E-state index in [1.54, 1.807) is 0 Å². The van der Waals surface area contributed by atoms with Gasteiger partial charge in [-0.2, -0.15) is 4.98 Å². The van der Waals surface area contributed by atoms with Crippen molar-refractivity contribution in [3.05, 3.63) is 40.3 Å². The van der Waals surface area contributed by atoms with Crippen LogP contribution in [0.25, 0.3) is 11.1 Å². The Hall–Kier alpha value is -1.92. The highest BCUT2D eigenvalue weighted by molar-refractivity contribution is 7.09. The van der Waals surface area contributed by atoms with Gasteiger partial charge in [-0.25, -0.2) is 4.98 Å². The van der Waals surface area contributed by atoms with Gasteiger partial charge in [-0.3, -0.25) is 4.90 Å². The number of oxazole rings is 1. The highest BCUT2D eigenvalue weighted by atomic mass is 32.1. The minimum atomic E-state index is 0.750. The zero-order valence-electron chi connectivity index (χ0n) is 13.5. The topological polar surface area (TPSA) is 45.4 Å². The molecule has 124 valence electrons. The van der Waals surface area contributed by atoms with E-state index in [9.17, 15) is 0 Å². The Kier molecular flexibility index (Phi) is 3.52. The number of thiazole rings is 1. The van der Waals surface area contributed by atoms with Gasteiger partial charge in [-0.15, -0.1) is 11.3 Å². The lowest BCUT2D eigenvalue weighted by molar-refractivity contribution is 0.243. The number of aromatic nitrogens is 2. The van der Waals surface area contributed by atoms with Crippen LogP contribution < -0.4 is 4.90 Å². The molecule has 6 heteroatoms. The van der Waals surface area contributed by atoms with Gasteiger partial charge in [0.15, 0.2) is 5.58 Å². The van der Waals surface area contributed by atoms with E-state index in [2.05, 4.69) is 20.2 Å². The Balaban J connectivity index is 1.21. The summed E-state index contributed by atoms with van der Waals surface area (Å²) in [4.78, 5) is 14.1. The largest absolute Gasteiger partial charge is 0.423 e. The molecule has 2 aliphatic rings. The second-order valence-corrected chi connectivity index (χ2v) is 7.57. The molecule has 2 fully saturated rings. The molecular formula is C18H20N4OS. The van der Waals surface area contributed by atoms with Crippen LogP contribution in [-0.4, -0.2) is 41.0 Å². The SMILES string of the molecule is c1ccc2oc(N3CCN(Cc4csc(C5CC5)n4)CC3)nc2c1. The summed E-state index contributed by atoms with van der Waals surface area (Å²) in [6.45, 7) is 4.91. The van der Waals surface area contributed by atoms with Gasteiger partial charge in [0, 0.05) is 44.0 Å². The zero-order chi connectivity index (χ0) is 15.9. The fourth-order valence-corrected chi connectivity index (χ4v) is 4.22. The Morgan fingerprint density at radius 1 is 1.08 bits per heavy atom. The molecule has 1 saturated carbocycles. The first-order chi connectivity index (χ1) is 11.8. The lowest BCUT2D eigenvalue weighted by Gasteiger charge is -2.33. The van der Waals surface area contributed by atoms with E-state index in [0.717, 1.165) is 55.8 Å². The first-order valence-electron chi connectivity index (χ1n) is 8.62. The molecule has 0 radical (unpaired) electrons. The van der Waals surface area contributed by atoms with Crippen molar-refractivity contribution < 1.29 is 4.42 Å². The number of fused-ring (bicyclic) bond motifs is 1. The molecule has 1 aliphatic carbocycles. The maximum Gasteiger partial charge on any atom is 0.298 e. The second-order valence-electron chi connectivity index (χ2n) is 6.68. The normalized spacial score (nSPS) is 19.2. The van der Waals surface area contributed by atoms with Gasteiger partial charge >= 0.3 is 0 Å². The maximum atomic E-state index is 5.88. The molecule has 0 bridgehead atoms. The Bertz CT molecular complexity index is 812. The molecule has 0 N–H and O–H groups in total. The van der Waals surface area contributed by atoms with Crippen molar-refractivity contribution in [1.82, 2.24) is 14.9 Å². The van der Waals surface area contributed by atoms with E-state index in [1.807, 2.05) is 35.6 Å². The third kappa shape index (κ3) is 2.80. The fourth-order valence-electron chi connectivity index (χ4n) is 3.23. The van der Waals surface area contributed by atoms with E-state index < -0.39 is 0 Å². The van der Waals surface area contributed by atoms with Crippen LogP contribution in [0.5, 0.6) is 0 Å². The molecule has 5 nitrogen and oxygen atoms in total. The summed E-state index contributed by atoms with van der Waals surface area (Å²) in [6, 6.07) is 8.70. The number of nitrogens with zero attached hydrogens (tertiary/aromatic N) is 4. The third-order valence-electron chi connectivity index (χ3n) is 4.81. The number of piperazine rings is 1. The highest BCUT2D eigenvalue weighted by Gasteiger charge is 2.27. The molecule has 0 amide bonds. The van der Waals surface area contributed by atoms with Crippen molar-refractivity contribution in [1.29, 1.82) is 0 Å². The number of rotatable bonds is 4. The summed E-state index contributed by atoms with van der Waals surface area (Å²) in [5.74, 6) is 0.764. The predicted molar refractivity (Wildman–Crippen MR) is 95.6 cm³/mol. The first-order valence-corrected chi connectivity index (χ1v) is 9.50. The van der Waals surface area contributed by atoms with Crippen LogP contribution in [-0.2, 0) is 6.54 Å². The lowest BCUT2D eigenvalue weighted by atomic mass is 10.3. The van der Waals surface area contributed by atoms with Crippen LogP contribution in [0.15, 0.2) is 34.1 Å². The van der Waals surface area contributed by atoms with Crippen LogP contribution in [0.4, 0.5) is 6.01 Å². The van der Waals surface area contributed by atoms with E-state index in [4.69, 9.17) is 9.40 Å². The van der Waals surface area contributed by atoms with E-state index in [1.165, 1.54) is 23.5 Å². The summed E-state index contributed by atoms with van der Waals surface area (Å²) in [6.07, 6.45) is 2.66. The second kappa shape index (κ2) is 5.86. The van der Waals surface area contributed by atoms with Gasteiger partial charge in [-0.1, -0.05) is 12.1 Å². The van der Waals surface area contributed by atoms with Gasteiger partial charge in [0.25, 0.3) is 6.01 Å². The quantitative estimate of drug-likeness (QED) is 0.727. The molecule has 5 rings (SSSR count). The van der Waals surface area contributed by atoms with Crippen molar-refractivity contribution >= 4 is 28.5 Å². The predicted octanol–water partition coefficient (Wildman–Crippen LogP) is 3.48. The Labute approximate surface area is 144 Å². The van der Waals surface area contributed by atoms with Gasteiger partial charge in [0.1, 0.15) is 5.52 Å². The van der Waals surface area contributed by atoms with E-state index >= 15 is 0 Å². The van der Waals surface area contributed by atoms with Gasteiger partial charge in [0.2, 0.25) is 0 Å². The molecule has 1 saturated heterocycles. The van der Waals surface area contributed by atoms with Gasteiger partial charge in [0.05, 0.1) is 10.7 Å². The Morgan fingerprint density at radius 2 is 1.92 bits per heavy atom. The summed E-state index contributed by atoms with van der Waals surface area (Å²) in [5, 5.41) is 3.58. The zero-order valence-corrected chi connectivity index (χ0v) is 14.3. The minimum absolute atomic E-state index is 0.750. The van der Waals surface area contributed by atoms with Gasteiger partial charge in [-0.05, 0) is 25.0 Å². The molecular weight excluding hydrogens is 320 g/mol.